The van der Waals surface area contributed by atoms with E-state index in [0.29, 0.717) is 50.5 Å². The number of amides is 2. The van der Waals surface area contributed by atoms with E-state index in [4.69, 9.17) is 10.6 Å². The monoisotopic (exact) mass is 411 g/mol. The van der Waals surface area contributed by atoms with Crippen LogP contribution < -0.4 is 10.6 Å². The molecule has 2 aromatic heterocycles. The minimum Gasteiger partial charge on any atom is -0.364 e. The number of primary amides is 1. The number of piperidine rings is 1. The summed E-state index contributed by atoms with van der Waals surface area (Å²) in [5.74, 6) is -0.285. The molecule has 0 aromatic carbocycles. The lowest BCUT2D eigenvalue weighted by molar-refractivity contribution is -0.182. The van der Waals surface area contributed by atoms with Crippen molar-refractivity contribution in [1.29, 1.82) is 0 Å². The molecule has 4 rings (SSSR count). The molecule has 0 unspecified atom stereocenters. The molecule has 30 heavy (non-hydrogen) atoms. The Morgan fingerprint density at radius 1 is 1.10 bits per heavy atom. The van der Waals surface area contributed by atoms with Crippen LogP contribution in [0.2, 0.25) is 0 Å². The van der Waals surface area contributed by atoms with E-state index in [1.54, 1.807) is 25.5 Å². The lowest BCUT2D eigenvalue weighted by Gasteiger charge is -2.34. The molecule has 0 bridgehead atoms. The van der Waals surface area contributed by atoms with Crippen LogP contribution in [0.25, 0.3) is 0 Å². The SMILES string of the molecule is Cc1cncc([C@@H]2CCON2C(=O)C2CCN(c3ncc(C)c(C(N)=O)n3)CC2)n1. The number of rotatable bonds is 4. The Morgan fingerprint density at radius 3 is 2.57 bits per heavy atom. The molecule has 2 N–H and O–H groups in total. The summed E-state index contributed by atoms with van der Waals surface area (Å²) in [4.78, 5) is 49.7. The molecule has 10 nitrogen and oxygen atoms in total. The van der Waals surface area contributed by atoms with Gasteiger partial charge in [0.2, 0.25) is 11.9 Å². The fourth-order valence-corrected chi connectivity index (χ4v) is 3.94. The van der Waals surface area contributed by atoms with Gasteiger partial charge in [0, 0.05) is 37.8 Å². The Kier molecular flexibility index (Phi) is 5.58. The van der Waals surface area contributed by atoms with Crippen molar-refractivity contribution in [2.24, 2.45) is 11.7 Å². The summed E-state index contributed by atoms with van der Waals surface area (Å²) in [7, 11) is 0. The summed E-state index contributed by atoms with van der Waals surface area (Å²) in [6, 6.07) is -0.207. The van der Waals surface area contributed by atoms with Crippen molar-refractivity contribution < 1.29 is 14.4 Å². The summed E-state index contributed by atoms with van der Waals surface area (Å²) < 4.78 is 0. The molecule has 10 heteroatoms. The van der Waals surface area contributed by atoms with Crippen molar-refractivity contribution in [3.8, 4) is 0 Å². The van der Waals surface area contributed by atoms with Crippen LogP contribution in [0.1, 0.15) is 52.7 Å². The first-order chi connectivity index (χ1) is 14.4. The van der Waals surface area contributed by atoms with Gasteiger partial charge in [-0.05, 0) is 32.3 Å². The maximum Gasteiger partial charge on any atom is 0.267 e. The summed E-state index contributed by atoms with van der Waals surface area (Å²) in [6.07, 6.45) is 6.99. The molecule has 4 heterocycles. The van der Waals surface area contributed by atoms with Crippen LogP contribution in [0.3, 0.4) is 0 Å². The summed E-state index contributed by atoms with van der Waals surface area (Å²) in [5.41, 5.74) is 7.84. The molecule has 0 radical (unpaired) electrons. The highest BCUT2D eigenvalue weighted by atomic mass is 16.7. The number of carbonyl (C=O) groups is 2. The Balaban J connectivity index is 1.42. The topological polar surface area (TPSA) is 127 Å². The lowest BCUT2D eigenvalue weighted by atomic mass is 9.95. The average molecular weight is 411 g/mol. The van der Waals surface area contributed by atoms with Crippen molar-refractivity contribution >= 4 is 17.8 Å². The highest BCUT2D eigenvalue weighted by Gasteiger charge is 2.38. The van der Waals surface area contributed by atoms with E-state index in [0.717, 1.165) is 11.4 Å². The average Bonchev–Trinajstić information content (AvgIpc) is 3.23. The zero-order chi connectivity index (χ0) is 21.3. The van der Waals surface area contributed by atoms with Gasteiger partial charge >= 0.3 is 0 Å². The van der Waals surface area contributed by atoms with Gasteiger partial charge in [-0.25, -0.2) is 15.0 Å². The lowest BCUT2D eigenvalue weighted by Crippen LogP contribution is -2.42. The van der Waals surface area contributed by atoms with E-state index in [2.05, 4.69) is 19.9 Å². The molecule has 0 aliphatic carbocycles. The van der Waals surface area contributed by atoms with Crippen molar-refractivity contribution in [1.82, 2.24) is 25.0 Å². The van der Waals surface area contributed by atoms with Gasteiger partial charge in [0.05, 0.1) is 24.2 Å². The van der Waals surface area contributed by atoms with Gasteiger partial charge in [0.25, 0.3) is 5.91 Å². The molecule has 2 saturated heterocycles. The van der Waals surface area contributed by atoms with Crippen LogP contribution in [0.5, 0.6) is 0 Å². The maximum atomic E-state index is 13.1. The molecule has 2 aliphatic rings. The molecule has 2 aromatic rings. The fraction of sp³-hybridized carbons (Fsp3) is 0.500. The first-order valence-corrected chi connectivity index (χ1v) is 10.1. The molecule has 0 spiro atoms. The maximum absolute atomic E-state index is 13.1. The normalized spacial score (nSPS) is 19.9. The van der Waals surface area contributed by atoms with Gasteiger partial charge in [0.15, 0.2) is 0 Å². The van der Waals surface area contributed by atoms with Crippen molar-refractivity contribution in [3.63, 3.8) is 0 Å². The molecule has 0 saturated carbocycles. The number of hydroxylamine groups is 2. The minimum atomic E-state index is -0.572. The van der Waals surface area contributed by atoms with Gasteiger partial charge in [-0.15, -0.1) is 0 Å². The van der Waals surface area contributed by atoms with E-state index in [-0.39, 0.29) is 23.6 Å². The van der Waals surface area contributed by atoms with E-state index in [9.17, 15) is 9.59 Å². The number of aryl methyl sites for hydroxylation is 2. The van der Waals surface area contributed by atoms with E-state index in [1.807, 2.05) is 11.8 Å². The number of carbonyl (C=O) groups excluding carboxylic acids is 2. The largest absolute Gasteiger partial charge is 0.364 e. The second-order valence-electron chi connectivity index (χ2n) is 7.71. The molecular weight excluding hydrogens is 386 g/mol. The highest BCUT2D eigenvalue weighted by molar-refractivity contribution is 5.92. The Morgan fingerprint density at radius 2 is 1.87 bits per heavy atom. The first-order valence-electron chi connectivity index (χ1n) is 10.1. The second kappa shape index (κ2) is 8.31. The van der Waals surface area contributed by atoms with Crippen LogP contribution in [0.4, 0.5) is 5.95 Å². The number of hydrogen-bond acceptors (Lipinski definition) is 8. The van der Waals surface area contributed by atoms with Crippen LogP contribution in [0, 0.1) is 19.8 Å². The minimum absolute atomic E-state index is 0.0249. The molecule has 1 atom stereocenters. The molecule has 158 valence electrons. The third-order valence-corrected chi connectivity index (χ3v) is 5.56. The van der Waals surface area contributed by atoms with Crippen LogP contribution in [-0.2, 0) is 9.63 Å². The van der Waals surface area contributed by atoms with Crippen LogP contribution in [0.15, 0.2) is 18.6 Å². The second-order valence-corrected chi connectivity index (χ2v) is 7.71. The molecule has 2 amide bonds. The molecule has 2 fully saturated rings. The zero-order valence-electron chi connectivity index (χ0n) is 17.1. The van der Waals surface area contributed by atoms with Crippen LogP contribution in [-0.4, -0.2) is 56.5 Å². The van der Waals surface area contributed by atoms with Gasteiger partial charge in [-0.3, -0.25) is 24.4 Å². The van der Waals surface area contributed by atoms with Crippen LogP contribution >= 0.6 is 0 Å². The quantitative estimate of drug-likeness (QED) is 0.792. The Hall–Kier alpha value is -3.14. The van der Waals surface area contributed by atoms with Gasteiger partial charge in [0.1, 0.15) is 11.7 Å². The summed E-state index contributed by atoms with van der Waals surface area (Å²) >= 11 is 0. The summed E-state index contributed by atoms with van der Waals surface area (Å²) in [5, 5.41) is 1.48. The third-order valence-electron chi connectivity index (χ3n) is 5.56. The third kappa shape index (κ3) is 3.95. The zero-order valence-corrected chi connectivity index (χ0v) is 17.1. The standard InChI is InChI=1S/C20H25N7O3/c1-12-9-23-20(25-17(12)18(21)28)26-6-3-14(4-7-26)19(29)27-16(5-8-30-27)15-11-22-10-13(2)24-15/h9-11,14,16H,3-8H2,1-2H3,(H2,21,28)/t16-/m0/s1. The van der Waals surface area contributed by atoms with Crippen molar-refractivity contribution in [3.05, 3.63) is 41.2 Å². The fourth-order valence-electron chi connectivity index (χ4n) is 3.94. The van der Waals surface area contributed by atoms with E-state index in [1.165, 1.54) is 5.06 Å². The van der Waals surface area contributed by atoms with Gasteiger partial charge in [-0.2, -0.15) is 0 Å². The number of anilines is 1. The number of nitrogens with two attached hydrogens (primary N) is 1. The van der Waals surface area contributed by atoms with Crippen molar-refractivity contribution in [2.45, 2.75) is 39.2 Å². The highest BCUT2D eigenvalue weighted by Crippen LogP contribution is 2.32. The van der Waals surface area contributed by atoms with E-state index >= 15 is 0 Å². The van der Waals surface area contributed by atoms with E-state index < -0.39 is 5.91 Å². The van der Waals surface area contributed by atoms with Crippen molar-refractivity contribution in [2.75, 3.05) is 24.6 Å². The smallest absolute Gasteiger partial charge is 0.267 e. The summed E-state index contributed by atoms with van der Waals surface area (Å²) in [6.45, 7) is 5.34. The predicted molar refractivity (Wildman–Crippen MR) is 107 cm³/mol. The number of hydrogen-bond donors (Lipinski definition) is 1. The number of nitrogens with zero attached hydrogens (tertiary/aromatic N) is 6. The van der Waals surface area contributed by atoms with Gasteiger partial charge < -0.3 is 10.6 Å². The van der Waals surface area contributed by atoms with Gasteiger partial charge in [-0.1, -0.05) is 0 Å². The Labute approximate surface area is 174 Å². The Bertz CT molecular complexity index is 959. The predicted octanol–water partition coefficient (Wildman–Crippen LogP) is 1.10. The molecular formula is C20H25N7O3. The first kappa shape index (κ1) is 20.1. The number of aromatic nitrogens is 4. The molecule has 2 aliphatic heterocycles.